The molecule has 1 heterocycles. The molecule has 0 aliphatic carbocycles. The van der Waals surface area contributed by atoms with Crippen molar-refractivity contribution in [2.45, 2.75) is 6.92 Å². The summed E-state index contributed by atoms with van der Waals surface area (Å²) in [6, 6.07) is 1.32. The summed E-state index contributed by atoms with van der Waals surface area (Å²) in [5.74, 6) is -1.32. The number of nitrogens with one attached hydrogen (secondary N) is 2. The molecular weight excluding hydrogens is 256 g/mol. The highest BCUT2D eigenvalue weighted by Gasteiger charge is 2.10. The van der Waals surface area contributed by atoms with Crippen LogP contribution < -0.4 is 10.6 Å². The van der Waals surface area contributed by atoms with E-state index in [9.17, 15) is 19.7 Å². The van der Waals surface area contributed by atoms with E-state index in [1.54, 1.807) is 6.92 Å². The highest BCUT2D eigenvalue weighted by Crippen LogP contribution is 2.17. The number of nitrogens with zero attached hydrogens (tertiary/aromatic N) is 2. The SMILES string of the molecule is Cc1cc([N+](=O)[O-])cnc1NCC(=O)NCC(=O)O. The summed E-state index contributed by atoms with van der Waals surface area (Å²) < 4.78 is 0. The molecular formula is C10H12N4O5. The van der Waals surface area contributed by atoms with Gasteiger partial charge in [0.15, 0.2) is 0 Å². The van der Waals surface area contributed by atoms with Crippen LogP contribution in [0.25, 0.3) is 0 Å². The van der Waals surface area contributed by atoms with Gasteiger partial charge in [0, 0.05) is 6.07 Å². The third-order valence-electron chi connectivity index (χ3n) is 2.13. The van der Waals surface area contributed by atoms with Crippen LogP contribution in [0.1, 0.15) is 5.56 Å². The molecule has 0 bridgehead atoms. The van der Waals surface area contributed by atoms with Crippen LogP contribution in [0.4, 0.5) is 11.5 Å². The average Bonchev–Trinajstić information content (AvgIpc) is 2.34. The number of rotatable bonds is 6. The van der Waals surface area contributed by atoms with Crippen molar-refractivity contribution < 1.29 is 19.6 Å². The summed E-state index contributed by atoms with van der Waals surface area (Å²) in [5.41, 5.74) is 0.374. The number of nitro groups is 1. The van der Waals surface area contributed by atoms with Crippen LogP contribution in [-0.2, 0) is 9.59 Å². The van der Waals surface area contributed by atoms with E-state index >= 15 is 0 Å². The Bertz CT molecular complexity index is 517. The number of aryl methyl sites for hydroxylation is 1. The Morgan fingerprint density at radius 2 is 2.16 bits per heavy atom. The molecule has 19 heavy (non-hydrogen) atoms. The molecule has 3 N–H and O–H groups in total. The molecule has 0 aliphatic heterocycles. The van der Waals surface area contributed by atoms with E-state index in [0.717, 1.165) is 6.20 Å². The fourth-order valence-electron chi connectivity index (χ4n) is 1.25. The molecule has 0 aliphatic rings. The number of carboxylic acids is 1. The molecule has 0 atom stereocenters. The summed E-state index contributed by atoms with van der Waals surface area (Å²) in [6.07, 6.45) is 1.07. The molecule has 9 heteroatoms. The number of pyridine rings is 1. The quantitative estimate of drug-likeness (QED) is 0.484. The van der Waals surface area contributed by atoms with Crippen molar-refractivity contribution in [3.05, 3.63) is 27.9 Å². The van der Waals surface area contributed by atoms with E-state index in [2.05, 4.69) is 15.6 Å². The zero-order valence-electron chi connectivity index (χ0n) is 10.0. The van der Waals surface area contributed by atoms with Crippen LogP contribution in [0, 0.1) is 17.0 Å². The van der Waals surface area contributed by atoms with Crippen molar-refractivity contribution in [1.82, 2.24) is 10.3 Å². The van der Waals surface area contributed by atoms with Gasteiger partial charge in [0.1, 0.15) is 18.6 Å². The summed E-state index contributed by atoms with van der Waals surface area (Å²) in [5, 5.41) is 23.7. The van der Waals surface area contributed by atoms with Crippen LogP contribution in [0.5, 0.6) is 0 Å². The fraction of sp³-hybridized carbons (Fsp3) is 0.300. The van der Waals surface area contributed by atoms with Crippen LogP contribution in [0.3, 0.4) is 0 Å². The number of aromatic nitrogens is 1. The van der Waals surface area contributed by atoms with E-state index in [1.165, 1.54) is 6.07 Å². The molecule has 0 saturated heterocycles. The molecule has 102 valence electrons. The molecule has 1 aromatic heterocycles. The van der Waals surface area contributed by atoms with Crippen molar-refractivity contribution in [3.63, 3.8) is 0 Å². The maximum absolute atomic E-state index is 11.2. The zero-order valence-corrected chi connectivity index (χ0v) is 10.0. The minimum atomic E-state index is -1.14. The number of amides is 1. The summed E-state index contributed by atoms with van der Waals surface area (Å²) in [7, 11) is 0. The van der Waals surface area contributed by atoms with E-state index in [1.807, 2.05) is 0 Å². The maximum atomic E-state index is 11.2. The zero-order chi connectivity index (χ0) is 14.4. The number of carbonyl (C=O) groups is 2. The molecule has 0 radical (unpaired) electrons. The van der Waals surface area contributed by atoms with E-state index < -0.39 is 23.3 Å². The lowest BCUT2D eigenvalue weighted by Gasteiger charge is -2.07. The summed E-state index contributed by atoms with van der Waals surface area (Å²) in [6.45, 7) is 0.976. The standard InChI is InChI=1S/C10H12N4O5/c1-6-2-7(14(18)19)3-12-10(6)13-4-8(15)11-5-9(16)17/h2-3H,4-5H2,1H3,(H,11,15)(H,12,13)(H,16,17). The number of carboxylic acid groups (broad SMARTS) is 1. The van der Waals surface area contributed by atoms with Gasteiger partial charge in [-0.05, 0) is 12.5 Å². The van der Waals surface area contributed by atoms with Gasteiger partial charge in [0.25, 0.3) is 5.69 Å². The van der Waals surface area contributed by atoms with Crippen molar-refractivity contribution in [3.8, 4) is 0 Å². The number of aliphatic carboxylic acids is 1. The third-order valence-corrected chi connectivity index (χ3v) is 2.13. The predicted molar refractivity (Wildman–Crippen MR) is 64.8 cm³/mol. The van der Waals surface area contributed by atoms with Crippen molar-refractivity contribution in [1.29, 1.82) is 0 Å². The Labute approximate surface area is 107 Å². The van der Waals surface area contributed by atoms with Gasteiger partial charge < -0.3 is 15.7 Å². The lowest BCUT2D eigenvalue weighted by Crippen LogP contribution is -2.34. The first-order valence-electron chi connectivity index (χ1n) is 5.23. The van der Waals surface area contributed by atoms with Gasteiger partial charge in [-0.3, -0.25) is 19.7 Å². The van der Waals surface area contributed by atoms with Gasteiger partial charge >= 0.3 is 5.97 Å². The van der Waals surface area contributed by atoms with Gasteiger partial charge in [-0.1, -0.05) is 0 Å². The van der Waals surface area contributed by atoms with Crippen LogP contribution in [-0.4, -0.2) is 40.0 Å². The monoisotopic (exact) mass is 268 g/mol. The van der Waals surface area contributed by atoms with Gasteiger partial charge in [0.05, 0.1) is 11.5 Å². The summed E-state index contributed by atoms with van der Waals surface area (Å²) in [4.78, 5) is 35.2. The number of hydrogen-bond acceptors (Lipinski definition) is 6. The van der Waals surface area contributed by atoms with Crippen molar-refractivity contribution >= 4 is 23.4 Å². The van der Waals surface area contributed by atoms with Crippen LogP contribution in [0.15, 0.2) is 12.3 Å². The molecule has 0 unspecified atom stereocenters. The van der Waals surface area contributed by atoms with E-state index in [-0.39, 0.29) is 12.2 Å². The summed E-state index contributed by atoms with van der Waals surface area (Å²) >= 11 is 0. The van der Waals surface area contributed by atoms with Gasteiger partial charge in [-0.25, -0.2) is 4.98 Å². The average molecular weight is 268 g/mol. The van der Waals surface area contributed by atoms with Gasteiger partial charge in [-0.15, -0.1) is 0 Å². The molecule has 0 spiro atoms. The highest BCUT2D eigenvalue weighted by molar-refractivity contribution is 5.84. The maximum Gasteiger partial charge on any atom is 0.322 e. The van der Waals surface area contributed by atoms with E-state index in [4.69, 9.17) is 5.11 Å². The molecule has 1 rings (SSSR count). The normalized spacial score (nSPS) is 9.74. The van der Waals surface area contributed by atoms with Crippen LogP contribution >= 0.6 is 0 Å². The first kappa shape index (κ1) is 14.4. The Balaban J connectivity index is 2.56. The molecule has 0 aromatic carbocycles. The first-order valence-corrected chi connectivity index (χ1v) is 5.23. The largest absolute Gasteiger partial charge is 0.480 e. The Hall–Kier alpha value is -2.71. The fourth-order valence-corrected chi connectivity index (χ4v) is 1.25. The second-order valence-corrected chi connectivity index (χ2v) is 3.64. The highest BCUT2D eigenvalue weighted by atomic mass is 16.6. The molecule has 9 nitrogen and oxygen atoms in total. The third kappa shape index (κ3) is 4.58. The molecule has 1 amide bonds. The topological polar surface area (TPSA) is 134 Å². The number of carbonyl (C=O) groups excluding carboxylic acids is 1. The number of hydrogen-bond donors (Lipinski definition) is 3. The predicted octanol–water partition coefficient (Wildman–Crippen LogP) is -0.0891. The number of anilines is 1. The Morgan fingerprint density at radius 3 is 2.68 bits per heavy atom. The van der Waals surface area contributed by atoms with E-state index in [0.29, 0.717) is 11.4 Å². The Kier molecular flexibility index (Phi) is 4.75. The first-order chi connectivity index (χ1) is 8.90. The minimum absolute atomic E-state index is 0.140. The molecule has 0 fully saturated rings. The molecule has 0 saturated carbocycles. The molecule has 1 aromatic rings. The lowest BCUT2D eigenvalue weighted by molar-refractivity contribution is -0.385. The van der Waals surface area contributed by atoms with Gasteiger partial charge in [0.2, 0.25) is 5.91 Å². The lowest BCUT2D eigenvalue weighted by atomic mass is 10.2. The van der Waals surface area contributed by atoms with Crippen LogP contribution in [0.2, 0.25) is 0 Å². The smallest absolute Gasteiger partial charge is 0.322 e. The van der Waals surface area contributed by atoms with Crippen molar-refractivity contribution in [2.24, 2.45) is 0 Å². The van der Waals surface area contributed by atoms with Crippen molar-refractivity contribution in [2.75, 3.05) is 18.4 Å². The van der Waals surface area contributed by atoms with Gasteiger partial charge in [-0.2, -0.15) is 0 Å². The Morgan fingerprint density at radius 1 is 1.47 bits per heavy atom. The second-order valence-electron chi connectivity index (χ2n) is 3.64. The second kappa shape index (κ2) is 6.28. The minimum Gasteiger partial charge on any atom is -0.480 e.